The number of hydrogen-bond acceptors (Lipinski definition) is 4. The highest BCUT2D eigenvalue weighted by molar-refractivity contribution is 9.10. The van der Waals surface area contributed by atoms with Gasteiger partial charge in [0, 0.05) is 18.6 Å². The predicted octanol–water partition coefficient (Wildman–Crippen LogP) is 3.09. The van der Waals surface area contributed by atoms with Crippen LogP contribution in [0.15, 0.2) is 45.4 Å². The molecular weight excluding hydrogens is 274 g/mol. The van der Waals surface area contributed by atoms with Gasteiger partial charge in [-0.25, -0.2) is 9.97 Å². The number of aryl methyl sites for hydroxylation is 1. The maximum Gasteiger partial charge on any atom is 0.121 e. The Morgan fingerprint density at radius 1 is 1.20 bits per heavy atom. The molecule has 3 nitrogen and oxygen atoms in total. The van der Waals surface area contributed by atoms with Gasteiger partial charge >= 0.3 is 0 Å². The molecule has 2 heterocycles. The van der Waals surface area contributed by atoms with Gasteiger partial charge in [-0.1, -0.05) is 0 Å². The monoisotopic (exact) mass is 281 g/mol. The van der Waals surface area contributed by atoms with Crippen LogP contribution in [0.5, 0.6) is 0 Å². The van der Waals surface area contributed by atoms with Crippen molar-refractivity contribution >= 4 is 27.7 Å². The van der Waals surface area contributed by atoms with E-state index in [9.17, 15) is 0 Å². The van der Waals surface area contributed by atoms with Crippen LogP contribution in [0.1, 0.15) is 5.56 Å². The Hall–Kier alpha value is -0.940. The molecule has 0 aliphatic heterocycles. The van der Waals surface area contributed by atoms with Crippen LogP contribution < -0.4 is 0 Å². The van der Waals surface area contributed by atoms with Crippen molar-refractivity contribution in [2.24, 2.45) is 0 Å². The van der Waals surface area contributed by atoms with E-state index in [1.54, 1.807) is 18.6 Å². The van der Waals surface area contributed by atoms with Gasteiger partial charge in [0.05, 0.1) is 10.7 Å². The number of hydrogen-bond donors (Lipinski definition) is 0. The summed E-state index contributed by atoms with van der Waals surface area (Å²) in [6.45, 7) is 2.01. The Bertz CT molecular complexity index is 461. The Kier molecular flexibility index (Phi) is 3.33. The van der Waals surface area contributed by atoms with Crippen LogP contribution in [0.2, 0.25) is 0 Å². The second-order valence-electron chi connectivity index (χ2n) is 2.95. The highest BCUT2D eigenvalue weighted by atomic mass is 79.9. The first-order valence-electron chi connectivity index (χ1n) is 4.32. The number of nitrogens with zero attached hydrogens (tertiary/aromatic N) is 3. The van der Waals surface area contributed by atoms with Crippen LogP contribution in [-0.2, 0) is 0 Å². The zero-order chi connectivity index (χ0) is 10.7. The van der Waals surface area contributed by atoms with E-state index in [-0.39, 0.29) is 0 Å². The number of halogens is 1. The molecule has 2 aromatic heterocycles. The first-order valence-corrected chi connectivity index (χ1v) is 5.92. The molecule has 0 saturated heterocycles. The Labute approximate surface area is 101 Å². The lowest BCUT2D eigenvalue weighted by Crippen LogP contribution is -1.86. The first kappa shape index (κ1) is 10.6. The summed E-state index contributed by atoms with van der Waals surface area (Å²) in [7, 11) is 0. The second kappa shape index (κ2) is 4.72. The fourth-order valence-electron chi connectivity index (χ4n) is 1.03. The zero-order valence-corrected chi connectivity index (χ0v) is 10.4. The van der Waals surface area contributed by atoms with E-state index < -0.39 is 0 Å². The highest BCUT2D eigenvalue weighted by Gasteiger charge is 2.04. The van der Waals surface area contributed by atoms with Gasteiger partial charge in [-0.3, -0.25) is 4.98 Å². The fraction of sp³-hybridized carbons (Fsp3) is 0.100. The molecular formula is C10H8BrN3S. The van der Waals surface area contributed by atoms with Crippen molar-refractivity contribution in [1.82, 2.24) is 15.0 Å². The van der Waals surface area contributed by atoms with Crippen LogP contribution in [0.25, 0.3) is 0 Å². The summed E-state index contributed by atoms with van der Waals surface area (Å²) in [4.78, 5) is 12.5. The van der Waals surface area contributed by atoms with Crippen LogP contribution in [-0.4, -0.2) is 15.0 Å². The smallest absolute Gasteiger partial charge is 0.121 e. The summed E-state index contributed by atoms with van der Waals surface area (Å²) in [5.41, 5.74) is 1.13. The highest BCUT2D eigenvalue weighted by Crippen LogP contribution is 2.30. The topological polar surface area (TPSA) is 38.7 Å². The molecule has 0 aliphatic rings. The summed E-state index contributed by atoms with van der Waals surface area (Å²) in [6.07, 6.45) is 6.88. The quantitative estimate of drug-likeness (QED) is 0.848. The average molecular weight is 282 g/mol. The molecule has 2 aromatic rings. The van der Waals surface area contributed by atoms with E-state index >= 15 is 0 Å². The summed E-state index contributed by atoms with van der Waals surface area (Å²) in [5.74, 6) is 0. The van der Waals surface area contributed by atoms with E-state index in [0.29, 0.717) is 0 Å². The Balaban J connectivity index is 2.25. The van der Waals surface area contributed by atoms with Gasteiger partial charge in [0.2, 0.25) is 0 Å². The molecule has 0 saturated carbocycles. The number of rotatable bonds is 2. The second-order valence-corrected chi connectivity index (χ2v) is 4.81. The normalized spacial score (nSPS) is 10.3. The Morgan fingerprint density at radius 3 is 2.73 bits per heavy atom. The molecule has 0 unspecified atom stereocenters. The molecule has 0 aliphatic carbocycles. The molecule has 0 amide bonds. The average Bonchev–Trinajstić information content (AvgIpc) is 2.24. The maximum atomic E-state index is 4.32. The fourth-order valence-corrected chi connectivity index (χ4v) is 2.43. The van der Waals surface area contributed by atoms with Crippen molar-refractivity contribution in [1.29, 1.82) is 0 Å². The third-order valence-corrected chi connectivity index (χ3v) is 3.49. The summed E-state index contributed by atoms with van der Waals surface area (Å²) in [6, 6.07) is 2.03. The molecule has 0 aromatic carbocycles. The van der Waals surface area contributed by atoms with Crippen LogP contribution in [0.3, 0.4) is 0 Å². The standard InChI is InChI=1S/C10H8BrN3S/c1-7-4-8(11)10(14-5-7)15-9-6-12-2-3-13-9/h2-6H,1H3. The van der Waals surface area contributed by atoms with Gasteiger partial charge in [0.15, 0.2) is 0 Å². The molecule has 5 heteroatoms. The minimum atomic E-state index is 0.842. The van der Waals surface area contributed by atoms with Gasteiger partial charge in [-0.2, -0.15) is 0 Å². The van der Waals surface area contributed by atoms with E-state index in [2.05, 4.69) is 30.9 Å². The number of pyridine rings is 1. The molecule has 15 heavy (non-hydrogen) atoms. The molecule has 76 valence electrons. The zero-order valence-electron chi connectivity index (χ0n) is 8.01. The van der Waals surface area contributed by atoms with E-state index in [1.165, 1.54) is 11.8 Å². The third-order valence-electron chi connectivity index (χ3n) is 1.68. The largest absolute Gasteiger partial charge is 0.260 e. The lowest BCUT2D eigenvalue weighted by molar-refractivity contribution is 1.03. The van der Waals surface area contributed by atoms with Gasteiger partial charge < -0.3 is 0 Å². The minimum Gasteiger partial charge on any atom is -0.260 e. The SMILES string of the molecule is Cc1cnc(Sc2cnccn2)c(Br)c1. The minimum absolute atomic E-state index is 0.842. The molecule has 0 spiro atoms. The lowest BCUT2D eigenvalue weighted by atomic mass is 10.3. The van der Waals surface area contributed by atoms with Crippen molar-refractivity contribution in [3.63, 3.8) is 0 Å². The van der Waals surface area contributed by atoms with Crippen LogP contribution >= 0.6 is 27.7 Å². The third kappa shape index (κ3) is 2.76. The van der Waals surface area contributed by atoms with Crippen molar-refractivity contribution in [2.45, 2.75) is 17.0 Å². The van der Waals surface area contributed by atoms with Crippen LogP contribution in [0.4, 0.5) is 0 Å². The van der Waals surface area contributed by atoms with Gasteiger partial charge in [0.25, 0.3) is 0 Å². The lowest BCUT2D eigenvalue weighted by Gasteiger charge is -2.02. The van der Waals surface area contributed by atoms with Crippen molar-refractivity contribution in [3.05, 3.63) is 40.9 Å². The Morgan fingerprint density at radius 2 is 2.07 bits per heavy atom. The van der Waals surface area contributed by atoms with E-state index in [1.807, 2.05) is 19.2 Å². The van der Waals surface area contributed by atoms with Gasteiger partial charge in [0.1, 0.15) is 10.1 Å². The van der Waals surface area contributed by atoms with Gasteiger partial charge in [-0.15, -0.1) is 0 Å². The van der Waals surface area contributed by atoms with Crippen LogP contribution in [0, 0.1) is 6.92 Å². The first-order chi connectivity index (χ1) is 7.25. The van der Waals surface area contributed by atoms with E-state index in [0.717, 1.165) is 20.1 Å². The van der Waals surface area contributed by atoms with Crippen molar-refractivity contribution in [3.8, 4) is 0 Å². The van der Waals surface area contributed by atoms with E-state index in [4.69, 9.17) is 0 Å². The summed E-state index contributed by atoms with van der Waals surface area (Å²) < 4.78 is 0.984. The molecule has 2 rings (SSSR count). The molecule has 0 radical (unpaired) electrons. The van der Waals surface area contributed by atoms with Crippen molar-refractivity contribution in [2.75, 3.05) is 0 Å². The molecule has 0 atom stereocenters. The van der Waals surface area contributed by atoms with Gasteiger partial charge in [-0.05, 0) is 46.2 Å². The maximum absolute atomic E-state index is 4.32. The van der Waals surface area contributed by atoms with Crippen molar-refractivity contribution < 1.29 is 0 Å². The molecule has 0 bridgehead atoms. The predicted molar refractivity (Wildman–Crippen MR) is 62.8 cm³/mol. The summed E-state index contributed by atoms with van der Waals surface area (Å²) in [5, 5.41) is 1.75. The number of aromatic nitrogens is 3. The summed E-state index contributed by atoms with van der Waals surface area (Å²) >= 11 is 4.96. The molecule has 0 fully saturated rings. The molecule has 0 N–H and O–H groups in total.